The maximum Gasteiger partial charge on any atom is 0.516 e. The Hall–Kier alpha value is -1.54. The fraction of sp³-hybridized carbons (Fsp3) is 0.789. The van der Waals surface area contributed by atoms with Crippen LogP contribution in [0.2, 0.25) is 0 Å². The summed E-state index contributed by atoms with van der Waals surface area (Å²) in [5, 5.41) is 0. The first-order valence-corrected chi connectivity index (χ1v) is 9.75. The van der Waals surface area contributed by atoms with Crippen LogP contribution in [0.5, 0.6) is 0 Å². The second-order valence-corrected chi connectivity index (χ2v) is 9.53. The summed E-state index contributed by atoms with van der Waals surface area (Å²) in [7, 11) is -0.446. The van der Waals surface area contributed by atoms with Gasteiger partial charge >= 0.3 is 13.2 Å². The van der Waals surface area contributed by atoms with Crippen molar-refractivity contribution in [2.45, 2.75) is 84.2 Å². The summed E-state index contributed by atoms with van der Waals surface area (Å²) in [6.07, 6.45) is 5.37. The number of amides is 1. The van der Waals surface area contributed by atoms with Gasteiger partial charge in [0.2, 0.25) is 0 Å². The number of nitrogens with zero attached hydrogens (tertiary/aromatic N) is 3. The van der Waals surface area contributed by atoms with Crippen LogP contribution in [0.4, 0.5) is 4.79 Å². The SMILES string of the molecule is CC(C)(C)OC(=O)N1CCC(n2cnc(B3OC(C)(C)C(C)(C)O3)c2)CC1. The molecule has 0 aromatic carbocycles. The van der Waals surface area contributed by atoms with Gasteiger partial charge in [-0.1, -0.05) is 0 Å². The van der Waals surface area contributed by atoms with Crippen LogP contribution in [-0.4, -0.2) is 57.6 Å². The zero-order chi connectivity index (χ0) is 20.0. The van der Waals surface area contributed by atoms with E-state index in [1.807, 2.05) is 61.0 Å². The third-order valence-corrected chi connectivity index (χ3v) is 5.65. The maximum absolute atomic E-state index is 12.2. The van der Waals surface area contributed by atoms with Crippen molar-refractivity contribution in [3.05, 3.63) is 12.5 Å². The van der Waals surface area contributed by atoms with Gasteiger partial charge in [0.05, 0.1) is 23.1 Å². The fourth-order valence-electron chi connectivity index (χ4n) is 3.31. The molecule has 1 amide bonds. The summed E-state index contributed by atoms with van der Waals surface area (Å²) in [5.74, 6) is 0. The van der Waals surface area contributed by atoms with Gasteiger partial charge in [0, 0.05) is 25.3 Å². The minimum absolute atomic E-state index is 0.232. The Labute approximate surface area is 162 Å². The third kappa shape index (κ3) is 4.32. The molecule has 0 radical (unpaired) electrons. The molecule has 27 heavy (non-hydrogen) atoms. The van der Waals surface area contributed by atoms with Crippen molar-refractivity contribution in [1.29, 1.82) is 0 Å². The summed E-state index contributed by atoms with van der Waals surface area (Å²) in [4.78, 5) is 18.5. The smallest absolute Gasteiger partial charge is 0.444 e. The number of carbonyl (C=O) groups excluding carboxylic acids is 1. The van der Waals surface area contributed by atoms with Crippen LogP contribution >= 0.6 is 0 Å². The van der Waals surface area contributed by atoms with E-state index in [1.165, 1.54) is 0 Å². The van der Waals surface area contributed by atoms with Crippen molar-refractivity contribution in [3.63, 3.8) is 0 Å². The monoisotopic (exact) mass is 377 g/mol. The topological polar surface area (TPSA) is 65.8 Å². The number of carbonyl (C=O) groups is 1. The molecule has 0 N–H and O–H groups in total. The Morgan fingerprint density at radius 2 is 1.74 bits per heavy atom. The largest absolute Gasteiger partial charge is 0.516 e. The van der Waals surface area contributed by atoms with Crippen molar-refractivity contribution in [3.8, 4) is 0 Å². The van der Waals surface area contributed by atoms with E-state index in [1.54, 1.807) is 4.90 Å². The molecular formula is C19H32BN3O4. The first-order valence-electron chi connectivity index (χ1n) is 9.75. The van der Waals surface area contributed by atoms with Crippen LogP contribution in [-0.2, 0) is 14.0 Å². The van der Waals surface area contributed by atoms with Crippen molar-refractivity contribution in [1.82, 2.24) is 14.5 Å². The van der Waals surface area contributed by atoms with Crippen molar-refractivity contribution in [2.24, 2.45) is 0 Å². The van der Waals surface area contributed by atoms with Gasteiger partial charge < -0.3 is 23.5 Å². The fourth-order valence-corrected chi connectivity index (χ4v) is 3.31. The molecule has 0 spiro atoms. The van der Waals surface area contributed by atoms with E-state index in [0.717, 1.165) is 18.4 Å². The molecule has 2 saturated heterocycles. The zero-order valence-corrected chi connectivity index (χ0v) is 17.6. The number of hydrogen-bond donors (Lipinski definition) is 0. The van der Waals surface area contributed by atoms with Crippen LogP contribution in [0.1, 0.15) is 67.3 Å². The molecule has 1 aromatic heterocycles. The summed E-state index contributed by atoms with van der Waals surface area (Å²) in [5.41, 5.74) is -0.417. The van der Waals surface area contributed by atoms with Gasteiger partial charge in [-0.05, 0) is 61.3 Å². The molecule has 0 unspecified atom stereocenters. The first kappa shape index (κ1) is 20.2. The summed E-state index contributed by atoms with van der Waals surface area (Å²) >= 11 is 0. The standard InChI is InChI=1S/C19H32BN3O4/c1-17(2,3)25-16(24)22-10-8-14(9-11-22)23-12-15(21-13-23)20-26-18(4,5)19(6,7)27-20/h12-14H,8-11H2,1-7H3. The van der Waals surface area contributed by atoms with E-state index >= 15 is 0 Å². The molecule has 0 aliphatic carbocycles. The Balaban J connectivity index is 1.58. The second-order valence-electron chi connectivity index (χ2n) is 9.53. The molecule has 8 heteroatoms. The molecule has 2 aliphatic rings. The van der Waals surface area contributed by atoms with Crippen molar-refractivity contribution in [2.75, 3.05) is 13.1 Å². The molecule has 0 bridgehead atoms. The molecule has 7 nitrogen and oxygen atoms in total. The molecule has 2 fully saturated rings. The Bertz CT molecular complexity index is 671. The third-order valence-electron chi connectivity index (χ3n) is 5.65. The lowest BCUT2D eigenvalue weighted by atomic mass is 9.86. The minimum atomic E-state index is -0.462. The van der Waals surface area contributed by atoms with Crippen LogP contribution in [0.15, 0.2) is 12.5 Å². The highest BCUT2D eigenvalue weighted by Crippen LogP contribution is 2.36. The van der Waals surface area contributed by atoms with Gasteiger partial charge in [0.25, 0.3) is 0 Å². The van der Waals surface area contributed by atoms with Crippen molar-refractivity contribution < 1.29 is 18.8 Å². The minimum Gasteiger partial charge on any atom is -0.444 e. The van der Waals surface area contributed by atoms with Crippen LogP contribution in [0.25, 0.3) is 0 Å². The highest BCUT2D eigenvalue weighted by atomic mass is 16.7. The number of likely N-dealkylation sites (tertiary alicyclic amines) is 1. The molecule has 150 valence electrons. The highest BCUT2D eigenvalue weighted by Gasteiger charge is 2.52. The lowest BCUT2D eigenvalue weighted by Gasteiger charge is -2.33. The number of hydrogen-bond acceptors (Lipinski definition) is 5. The zero-order valence-electron chi connectivity index (χ0n) is 17.6. The van der Waals surface area contributed by atoms with Gasteiger partial charge in [-0.2, -0.15) is 0 Å². The van der Waals surface area contributed by atoms with E-state index in [-0.39, 0.29) is 17.3 Å². The van der Waals surface area contributed by atoms with Crippen LogP contribution in [0, 0.1) is 0 Å². The predicted octanol–water partition coefficient (Wildman–Crippen LogP) is 2.75. The number of piperidine rings is 1. The van der Waals surface area contributed by atoms with E-state index in [4.69, 9.17) is 14.0 Å². The highest BCUT2D eigenvalue weighted by molar-refractivity contribution is 6.61. The van der Waals surface area contributed by atoms with E-state index in [2.05, 4.69) is 9.55 Å². The predicted molar refractivity (Wildman–Crippen MR) is 104 cm³/mol. The van der Waals surface area contributed by atoms with Crippen molar-refractivity contribution >= 4 is 18.8 Å². The van der Waals surface area contributed by atoms with Gasteiger partial charge in [-0.15, -0.1) is 0 Å². The van der Waals surface area contributed by atoms with Gasteiger partial charge in [0.1, 0.15) is 5.60 Å². The van der Waals surface area contributed by atoms with E-state index < -0.39 is 12.7 Å². The van der Waals surface area contributed by atoms with Crippen LogP contribution in [0.3, 0.4) is 0 Å². The summed E-state index contributed by atoms with van der Waals surface area (Å²) < 4.78 is 19.7. The average molecular weight is 377 g/mol. The Morgan fingerprint density at radius 1 is 1.19 bits per heavy atom. The number of ether oxygens (including phenoxy) is 1. The van der Waals surface area contributed by atoms with E-state index in [0.29, 0.717) is 19.1 Å². The van der Waals surface area contributed by atoms with Crippen LogP contribution < -0.4 is 5.59 Å². The van der Waals surface area contributed by atoms with Gasteiger partial charge in [0.15, 0.2) is 0 Å². The molecular weight excluding hydrogens is 345 g/mol. The lowest BCUT2D eigenvalue weighted by molar-refractivity contribution is 0.00578. The normalized spacial score (nSPS) is 22.9. The number of aromatic nitrogens is 2. The average Bonchev–Trinajstić information content (AvgIpc) is 3.09. The number of imidazole rings is 1. The summed E-state index contributed by atoms with van der Waals surface area (Å²) in [6, 6.07) is 0.312. The molecule has 0 saturated carbocycles. The number of rotatable bonds is 2. The second kappa shape index (κ2) is 6.81. The molecule has 0 atom stereocenters. The molecule has 3 heterocycles. The molecule has 3 rings (SSSR count). The Morgan fingerprint density at radius 3 is 2.26 bits per heavy atom. The first-order chi connectivity index (χ1) is 12.4. The van der Waals surface area contributed by atoms with Gasteiger partial charge in [-0.3, -0.25) is 0 Å². The quantitative estimate of drug-likeness (QED) is 0.742. The summed E-state index contributed by atoms with van der Waals surface area (Å²) in [6.45, 7) is 15.2. The van der Waals surface area contributed by atoms with E-state index in [9.17, 15) is 4.79 Å². The molecule has 1 aromatic rings. The lowest BCUT2D eigenvalue weighted by Crippen LogP contribution is -2.42. The Kier molecular flexibility index (Phi) is 5.10. The molecule has 2 aliphatic heterocycles. The van der Waals surface area contributed by atoms with Gasteiger partial charge in [-0.25, -0.2) is 9.78 Å². The maximum atomic E-state index is 12.2.